The van der Waals surface area contributed by atoms with E-state index in [2.05, 4.69) is 13.8 Å². The molecule has 2 aromatic carbocycles. The lowest BCUT2D eigenvalue weighted by Gasteiger charge is -2.03. The molecule has 0 amide bonds. The number of hydrogen-bond acceptors (Lipinski definition) is 2. The van der Waals surface area contributed by atoms with Gasteiger partial charge in [0.15, 0.2) is 0 Å². The van der Waals surface area contributed by atoms with Crippen LogP contribution in [0.1, 0.15) is 32.3 Å². The van der Waals surface area contributed by atoms with Gasteiger partial charge in [-0.15, -0.1) is 4.89 Å². The third-order valence-corrected chi connectivity index (χ3v) is 3.08. The van der Waals surface area contributed by atoms with Crippen molar-refractivity contribution < 1.29 is 14.0 Å². The number of hydrogen-bond donors (Lipinski definition) is 1. The minimum atomic E-state index is -2.62. The molecule has 0 heterocycles. The predicted octanol–water partition coefficient (Wildman–Crippen LogP) is 4.98. The molecule has 1 unspecified atom stereocenters. The number of aryl methyl sites for hydroxylation is 1. The van der Waals surface area contributed by atoms with E-state index in [0.717, 1.165) is 16.3 Å². The third-order valence-electron chi connectivity index (χ3n) is 2.75. The Bertz CT molecular complexity index is 550. The van der Waals surface area contributed by atoms with Crippen LogP contribution in [0.2, 0.25) is 0 Å². The molecule has 0 saturated heterocycles. The molecule has 2 rings (SSSR count). The van der Waals surface area contributed by atoms with Crippen LogP contribution >= 0.6 is 8.25 Å². The maximum Gasteiger partial charge on any atom is 0.747 e. The number of benzene rings is 2. The van der Waals surface area contributed by atoms with Crippen LogP contribution in [0.5, 0.6) is 5.75 Å². The topological polar surface area (TPSA) is 46.5 Å². The zero-order valence-electron chi connectivity index (χ0n) is 11.6. The lowest BCUT2D eigenvalue weighted by atomic mass is 10.1. The van der Waals surface area contributed by atoms with Gasteiger partial charge < -0.3 is 0 Å². The minimum absolute atomic E-state index is 0.483. The fraction of sp³-hybridized carbons (Fsp3) is 0.333. The highest BCUT2D eigenvalue weighted by Crippen LogP contribution is 2.34. The molecule has 0 bridgehead atoms. The van der Waals surface area contributed by atoms with Gasteiger partial charge in [-0.05, 0) is 17.9 Å². The van der Waals surface area contributed by atoms with Crippen molar-refractivity contribution in [1.82, 2.24) is 0 Å². The van der Waals surface area contributed by atoms with Crippen LogP contribution in [0.3, 0.4) is 0 Å². The first-order valence-corrected chi connectivity index (χ1v) is 7.55. The summed E-state index contributed by atoms with van der Waals surface area (Å²) >= 11 is 0. The second-order valence-electron chi connectivity index (χ2n) is 4.26. The maximum absolute atomic E-state index is 10.7. The highest BCUT2D eigenvalue weighted by Gasteiger charge is 2.18. The summed E-state index contributed by atoms with van der Waals surface area (Å²) in [7, 11) is -2.62. The summed E-state index contributed by atoms with van der Waals surface area (Å²) in [6.45, 7) is 6.21. The van der Waals surface area contributed by atoms with Crippen LogP contribution < -0.4 is 4.52 Å². The Kier molecular flexibility index (Phi) is 6.48. The standard InChI is InChI=1S/C11H9O3P.C4H10/c1-8-6-7-9-4-2-3-5-10(9)11(8)14-15(12)13;1-3-4-2/h2-7H,1H3;3-4H2,1-2H3/p+1. The van der Waals surface area contributed by atoms with Gasteiger partial charge in [-0.3, -0.25) is 0 Å². The molecular formula is C15H20O3P+. The molecule has 0 aliphatic heterocycles. The molecular weight excluding hydrogens is 259 g/mol. The molecule has 0 radical (unpaired) electrons. The molecule has 1 N–H and O–H groups in total. The molecule has 0 aliphatic carbocycles. The quantitative estimate of drug-likeness (QED) is 0.806. The number of fused-ring (bicyclic) bond motifs is 1. The Morgan fingerprint density at radius 3 is 2.32 bits per heavy atom. The Balaban J connectivity index is 0.000000399. The molecule has 0 aliphatic rings. The van der Waals surface area contributed by atoms with E-state index in [0.29, 0.717) is 5.75 Å². The Morgan fingerprint density at radius 2 is 1.74 bits per heavy atom. The van der Waals surface area contributed by atoms with Gasteiger partial charge in [-0.1, -0.05) is 63.1 Å². The third kappa shape index (κ3) is 4.62. The summed E-state index contributed by atoms with van der Waals surface area (Å²) in [6.07, 6.45) is 2.64. The van der Waals surface area contributed by atoms with Gasteiger partial charge in [-0.2, -0.15) is 0 Å². The van der Waals surface area contributed by atoms with Crippen molar-refractivity contribution in [1.29, 1.82) is 0 Å². The van der Waals surface area contributed by atoms with Crippen molar-refractivity contribution in [2.75, 3.05) is 0 Å². The smallest absolute Gasteiger partial charge is 0.228 e. The first-order valence-electron chi connectivity index (χ1n) is 6.42. The molecule has 0 aromatic heterocycles. The van der Waals surface area contributed by atoms with Gasteiger partial charge >= 0.3 is 8.25 Å². The number of unbranched alkanes of at least 4 members (excludes halogenated alkanes) is 1. The summed E-state index contributed by atoms with van der Waals surface area (Å²) in [6, 6.07) is 11.4. The monoisotopic (exact) mass is 279 g/mol. The van der Waals surface area contributed by atoms with Crippen molar-refractivity contribution in [3.63, 3.8) is 0 Å². The molecule has 1 atom stereocenters. The van der Waals surface area contributed by atoms with Gasteiger partial charge in [0.25, 0.3) is 0 Å². The lowest BCUT2D eigenvalue weighted by Crippen LogP contribution is -1.86. The summed E-state index contributed by atoms with van der Waals surface area (Å²) in [4.78, 5) is 8.78. The highest BCUT2D eigenvalue weighted by molar-refractivity contribution is 7.32. The maximum atomic E-state index is 10.7. The summed E-state index contributed by atoms with van der Waals surface area (Å²) in [5.74, 6) is 0.483. The number of rotatable bonds is 3. The fourth-order valence-corrected chi connectivity index (χ4v) is 1.95. The Labute approximate surface area is 115 Å². The molecule has 19 heavy (non-hydrogen) atoms. The SMILES string of the molecule is CCCC.Cc1ccc2ccccc2c1O[P+](=O)O. The predicted molar refractivity (Wildman–Crippen MR) is 79.7 cm³/mol. The minimum Gasteiger partial charge on any atom is -0.228 e. The average Bonchev–Trinajstić information content (AvgIpc) is 2.42. The largest absolute Gasteiger partial charge is 0.747 e. The molecule has 0 fully saturated rings. The molecule has 102 valence electrons. The molecule has 3 nitrogen and oxygen atoms in total. The Morgan fingerprint density at radius 1 is 1.11 bits per heavy atom. The van der Waals surface area contributed by atoms with Crippen molar-refractivity contribution in [2.24, 2.45) is 0 Å². The van der Waals surface area contributed by atoms with Gasteiger partial charge in [-0.25, -0.2) is 4.52 Å². The second kappa shape index (κ2) is 7.88. The zero-order valence-corrected chi connectivity index (χ0v) is 12.5. The van der Waals surface area contributed by atoms with E-state index in [9.17, 15) is 4.57 Å². The van der Waals surface area contributed by atoms with Crippen LogP contribution in [-0.4, -0.2) is 4.89 Å². The van der Waals surface area contributed by atoms with Gasteiger partial charge in [0, 0.05) is 9.95 Å². The van der Waals surface area contributed by atoms with E-state index >= 15 is 0 Å². The molecule has 2 aromatic rings. The zero-order chi connectivity index (χ0) is 14.3. The highest BCUT2D eigenvalue weighted by atomic mass is 31.1. The van der Waals surface area contributed by atoms with Gasteiger partial charge in [0.1, 0.15) is 0 Å². The summed E-state index contributed by atoms with van der Waals surface area (Å²) < 4.78 is 15.6. The first-order chi connectivity index (χ1) is 9.10. The summed E-state index contributed by atoms with van der Waals surface area (Å²) in [5.41, 5.74) is 0.853. The van der Waals surface area contributed by atoms with E-state index in [1.165, 1.54) is 12.8 Å². The van der Waals surface area contributed by atoms with Crippen LogP contribution in [-0.2, 0) is 4.57 Å². The molecule has 4 heteroatoms. The van der Waals surface area contributed by atoms with E-state index in [4.69, 9.17) is 9.42 Å². The second-order valence-corrected chi connectivity index (χ2v) is 4.92. The van der Waals surface area contributed by atoms with E-state index in [1.807, 2.05) is 43.3 Å². The molecule has 0 spiro atoms. The first kappa shape index (κ1) is 15.6. The van der Waals surface area contributed by atoms with Gasteiger partial charge in [0.2, 0.25) is 5.75 Å². The van der Waals surface area contributed by atoms with Crippen LogP contribution in [0.4, 0.5) is 0 Å². The van der Waals surface area contributed by atoms with Crippen LogP contribution in [0.25, 0.3) is 10.8 Å². The summed E-state index contributed by atoms with van der Waals surface area (Å²) in [5, 5.41) is 1.85. The van der Waals surface area contributed by atoms with E-state index in [-0.39, 0.29) is 0 Å². The normalized spacial score (nSPS) is 10.6. The van der Waals surface area contributed by atoms with Gasteiger partial charge in [0.05, 0.1) is 0 Å². The van der Waals surface area contributed by atoms with Crippen LogP contribution in [0.15, 0.2) is 36.4 Å². The lowest BCUT2D eigenvalue weighted by molar-refractivity contribution is 0.411. The van der Waals surface area contributed by atoms with Crippen molar-refractivity contribution in [2.45, 2.75) is 33.6 Å². The van der Waals surface area contributed by atoms with Crippen LogP contribution in [0, 0.1) is 6.92 Å². The molecule has 0 saturated carbocycles. The van der Waals surface area contributed by atoms with Crippen molar-refractivity contribution in [3.8, 4) is 5.75 Å². The van der Waals surface area contributed by atoms with Crippen molar-refractivity contribution in [3.05, 3.63) is 42.0 Å². The average molecular weight is 279 g/mol. The van der Waals surface area contributed by atoms with E-state index in [1.54, 1.807) is 0 Å². The van der Waals surface area contributed by atoms with E-state index < -0.39 is 8.25 Å². The van der Waals surface area contributed by atoms with Crippen molar-refractivity contribution >= 4 is 19.0 Å². The Hall–Kier alpha value is -1.44. The fourth-order valence-electron chi connectivity index (χ4n) is 1.55.